The van der Waals surface area contributed by atoms with Gasteiger partial charge in [0, 0.05) is 17.1 Å². The number of hydrogen-bond acceptors (Lipinski definition) is 5. The number of carbonyl (C=O) groups is 3. The smallest absolute Gasteiger partial charge is 0.243 e. The first-order valence-electron chi connectivity index (χ1n) is 14.2. The molecule has 2 aromatic carbocycles. The lowest BCUT2D eigenvalue weighted by molar-refractivity contribution is -0.133. The highest BCUT2D eigenvalue weighted by atomic mass is 35.5. The molecule has 3 amide bonds. The first-order chi connectivity index (χ1) is 20.0. The molecular formula is C30H42Cl2N8O3. The minimum absolute atomic E-state index is 0. The largest absolute Gasteiger partial charge is 0.384 e. The van der Waals surface area contributed by atoms with Gasteiger partial charge in [-0.05, 0) is 61.3 Å². The molecule has 1 aliphatic rings. The summed E-state index contributed by atoms with van der Waals surface area (Å²) in [5.41, 5.74) is 18.6. The normalized spacial score (nSPS) is 15.2. The van der Waals surface area contributed by atoms with Crippen LogP contribution in [0.3, 0.4) is 0 Å². The van der Waals surface area contributed by atoms with E-state index in [1.54, 1.807) is 30.3 Å². The molecule has 3 atom stereocenters. The summed E-state index contributed by atoms with van der Waals surface area (Å²) >= 11 is 6.29. The van der Waals surface area contributed by atoms with Gasteiger partial charge in [0.1, 0.15) is 17.9 Å². The maximum absolute atomic E-state index is 14.0. The first kappa shape index (κ1) is 35.4. The maximum atomic E-state index is 14.0. The van der Waals surface area contributed by atoms with E-state index in [0.29, 0.717) is 35.5 Å². The van der Waals surface area contributed by atoms with Crippen molar-refractivity contribution in [2.24, 2.45) is 23.1 Å². The maximum Gasteiger partial charge on any atom is 0.243 e. The van der Waals surface area contributed by atoms with E-state index in [1.807, 2.05) is 18.2 Å². The Morgan fingerprint density at radius 2 is 1.60 bits per heavy atom. The summed E-state index contributed by atoms with van der Waals surface area (Å²) in [6.45, 7) is 0.354. The van der Waals surface area contributed by atoms with Crippen molar-refractivity contribution in [1.29, 1.82) is 10.8 Å². The molecule has 11 nitrogen and oxygen atoms in total. The molecule has 0 saturated heterocycles. The van der Waals surface area contributed by atoms with E-state index in [9.17, 15) is 14.4 Å². The molecule has 1 aliphatic carbocycles. The Morgan fingerprint density at radius 3 is 2.19 bits per heavy atom. The standard InChI is InChI=1S/C30H41ClN8O3.ClH/c31-22-9-4-8-21(17-22)23(16-18-11-13-20(14-12-18)26(32)33)28(41)39-25(19-6-2-1-3-7-19)29(42)38-24(27(34)40)10-5-15-37-30(35)36;/h4,8-9,11-14,17,19,23-25H,1-3,5-7,10,15-16H2,(H3,32,33)(H2,34,40)(H,38,42)(H,39,41)(H4,35,36,37);1H/t23-,24?,25-;/m0./s1. The van der Waals surface area contributed by atoms with Crippen LogP contribution in [0, 0.1) is 16.7 Å². The highest BCUT2D eigenvalue weighted by Gasteiger charge is 2.35. The number of benzene rings is 2. The molecule has 0 spiro atoms. The number of amides is 3. The van der Waals surface area contributed by atoms with Gasteiger partial charge in [-0.15, -0.1) is 12.4 Å². The minimum Gasteiger partial charge on any atom is -0.384 e. The Labute approximate surface area is 263 Å². The molecule has 0 heterocycles. The van der Waals surface area contributed by atoms with Crippen LogP contribution in [0.5, 0.6) is 0 Å². The lowest BCUT2D eigenvalue weighted by atomic mass is 9.82. The summed E-state index contributed by atoms with van der Waals surface area (Å²) in [6, 6.07) is 12.4. The molecule has 1 unspecified atom stereocenters. The Bertz CT molecular complexity index is 1270. The Kier molecular flexibility index (Phi) is 14.3. The lowest BCUT2D eigenvalue weighted by Crippen LogP contribution is -2.56. The van der Waals surface area contributed by atoms with Crippen LogP contribution in [0.15, 0.2) is 48.5 Å². The second-order valence-corrected chi connectivity index (χ2v) is 11.2. The average molecular weight is 634 g/mol. The third-order valence-corrected chi connectivity index (χ3v) is 7.85. The number of carbonyl (C=O) groups excluding carboxylic acids is 3. The van der Waals surface area contributed by atoms with Gasteiger partial charge in [-0.25, -0.2) is 0 Å². The fraction of sp³-hybridized carbons (Fsp3) is 0.433. The number of guanidine groups is 1. The van der Waals surface area contributed by atoms with E-state index in [-0.39, 0.29) is 42.4 Å². The number of hydrogen-bond donors (Lipinski definition) is 8. The Hall–Kier alpha value is -3.83. The fourth-order valence-electron chi connectivity index (χ4n) is 5.34. The van der Waals surface area contributed by atoms with Gasteiger partial charge in [0.25, 0.3) is 0 Å². The van der Waals surface area contributed by atoms with Crippen molar-refractivity contribution in [3.8, 4) is 0 Å². The zero-order valence-electron chi connectivity index (χ0n) is 24.0. The van der Waals surface area contributed by atoms with Gasteiger partial charge in [-0.1, -0.05) is 67.3 Å². The van der Waals surface area contributed by atoms with Crippen molar-refractivity contribution < 1.29 is 14.4 Å². The number of nitrogen functional groups attached to an aromatic ring is 1. The molecule has 0 aromatic heterocycles. The van der Waals surface area contributed by atoms with Gasteiger partial charge in [0.15, 0.2) is 5.96 Å². The van der Waals surface area contributed by atoms with Crippen molar-refractivity contribution >= 4 is 53.5 Å². The van der Waals surface area contributed by atoms with Crippen molar-refractivity contribution in [3.05, 3.63) is 70.2 Å². The predicted molar refractivity (Wildman–Crippen MR) is 171 cm³/mol. The van der Waals surface area contributed by atoms with Crippen molar-refractivity contribution in [1.82, 2.24) is 16.0 Å². The SMILES string of the molecule is Cl.N=C(N)NCCCC(NC(=O)[C@@H](NC(=O)[C@@H](Cc1ccc(C(=N)N)cc1)c1cccc(Cl)c1)C1CCCCC1)C(N)=O. The van der Waals surface area contributed by atoms with E-state index < -0.39 is 29.8 Å². The summed E-state index contributed by atoms with van der Waals surface area (Å²) in [7, 11) is 0. The third kappa shape index (κ3) is 11.1. The van der Waals surface area contributed by atoms with Crippen molar-refractivity contribution in [2.75, 3.05) is 6.54 Å². The fourth-order valence-corrected chi connectivity index (χ4v) is 5.54. The summed E-state index contributed by atoms with van der Waals surface area (Å²) in [5, 5.41) is 23.9. The summed E-state index contributed by atoms with van der Waals surface area (Å²) < 4.78 is 0. The van der Waals surface area contributed by atoms with Crippen LogP contribution in [0.25, 0.3) is 0 Å². The molecule has 0 aliphatic heterocycles. The van der Waals surface area contributed by atoms with Crippen LogP contribution >= 0.6 is 24.0 Å². The quantitative estimate of drug-likeness (QED) is 0.0889. The van der Waals surface area contributed by atoms with Gasteiger partial charge in [0.05, 0.1) is 5.92 Å². The van der Waals surface area contributed by atoms with Crippen LogP contribution in [-0.4, -0.2) is 48.1 Å². The van der Waals surface area contributed by atoms with Crippen molar-refractivity contribution in [2.45, 2.75) is 69.4 Å². The van der Waals surface area contributed by atoms with Crippen LogP contribution in [-0.2, 0) is 20.8 Å². The highest BCUT2D eigenvalue weighted by molar-refractivity contribution is 6.30. The van der Waals surface area contributed by atoms with Crippen molar-refractivity contribution in [3.63, 3.8) is 0 Å². The number of halogens is 2. The molecule has 0 radical (unpaired) electrons. The van der Waals surface area contributed by atoms with Crippen LogP contribution in [0.2, 0.25) is 5.02 Å². The molecular weight excluding hydrogens is 591 g/mol. The number of rotatable bonds is 14. The average Bonchev–Trinajstić information content (AvgIpc) is 2.96. The Morgan fingerprint density at radius 1 is 0.930 bits per heavy atom. The van der Waals surface area contributed by atoms with Gasteiger partial charge >= 0.3 is 0 Å². The molecule has 1 saturated carbocycles. The highest BCUT2D eigenvalue weighted by Crippen LogP contribution is 2.29. The third-order valence-electron chi connectivity index (χ3n) is 7.62. The molecule has 3 rings (SSSR count). The van der Waals surface area contributed by atoms with Gasteiger partial charge in [0.2, 0.25) is 17.7 Å². The van der Waals surface area contributed by atoms with E-state index in [2.05, 4.69) is 16.0 Å². The molecule has 0 bridgehead atoms. The summed E-state index contributed by atoms with van der Waals surface area (Å²) in [6.07, 6.45) is 5.54. The molecule has 234 valence electrons. The number of amidine groups is 1. The van der Waals surface area contributed by atoms with E-state index in [0.717, 1.165) is 37.7 Å². The number of nitrogens with two attached hydrogens (primary N) is 3. The summed E-state index contributed by atoms with van der Waals surface area (Å²) in [4.78, 5) is 39.8. The number of primary amides is 1. The molecule has 11 N–H and O–H groups in total. The van der Waals surface area contributed by atoms with E-state index >= 15 is 0 Å². The predicted octanol–water partition coefficient (Wildman–Crippen LogP) is 2.67. The molecule has 2 aromatic rings. The monoisotopic (exact) mass is 632 g/mol. The van der Waals surface area contributed by atoms with Crippen LogP contribution in [0.4, 0.5) is 0 Å². The minimum atomic E-state index is -0.933. The van der Waals surface area contributed by atoms with E-state index in [1.165, 1.54) is 0 Å². The zero-order chi connectivity index (χ0) is 30.6. The van der Waals surface area contributed by atoms with E-state index in [4.69, 9.17) is 39.6 Å². The summed E-state index contributed by atoms with van der Waals surface area (Å²) in [5.74, 6) is -2.43. The molecule has 43 heavy (non-hydrogen) atoms. The van der Waals surface area contributed by atoms with Crippen LogP contribution in [0.1, 0.15) is 67.6 Å². The van der Waals surface area contributed by atoms with Gasteiger partial charge < -0.3 is 33.2 Å². The van der Waals surface area contributed by atoms with Crippen LogP contribution < -0.4 is 33.2 Å². The Balaban J connectivity index is 0.00000645. The lowest BCUT2D eigenvalue weighted by Gasteiger charge is -2.32. The zero-order valence-corrected chi connectivity index (χ0v) is 25.6. The number of nitrogens with one attached hydrogen (secondary N) is 5. The van der Waals surface area contributed by atoms with Gasteiger partial charge in [-0.3, -0.25) is 25.2 Å². The first-order valence-corrected chi connectivity index (χ1v) is 14.6. The second-order valence-electron chi connectivity index (χ2n) is 10.8. The topological polar surface area (TPSA) is 213 Å². The van der Waals surface area contributed by atoms with Gasteiger partial charge in [-0.2, -0.15) is 0 Å². The second kappa shape index (κ2) is 17.3. The molecule has 13 heteroatoms. The molecule has 1 fully saturated rings.